The van der Waals surface area contributed by atoms with Crippen molar-refractivity contribution in [1.82, 2.24) is 10.2 Å². The van der Waals surface area contributed by atoms with Gasteiger partial charge in [-0.2, -0.15) is 22.7 Å². The number of nitrogens with one attached hydrogen (secondary N) is 1. The van der Waals surface area contributed by atoms with Crippen molar-refractivity contribution in [1.29, 1.82) is 0 Å². The number of hydrogen-bond acceptors (Lipinski definition) is 5. The molecule has 0 aliphatic heterocycles. The first kappa shape index (κ1) is 22.4. The fourth-order valence-electron chi connectivity index (χ4n) is 2.69. The minimum absolute atomic E-state index is 0.100. The van der Waals surface area contributed by atoms with Crippen LogP contribution in [0.15, 0.2) is 33.7 Å². The van der Waals surface area contributed by atoms with E-state index in [4.69, 9.17) is 4.74 Å². The molecule has 153 valence electrons. The van der Waals surface area contributed by atoms with E-state index >= 15 is 0 Å². The van der Waals surface area contributed by atoms with Crippen LogP contribution in [0.25, 0.3) is 0 Å². The average Bonchev–Trinajstić information content (AvgIpc) is 3.29. The standard InChI is InChI=1S/C21H29N2O3S2/c1-5-6-7-18(22-20(25)26-21(2,3)4)19(24)23(12-16-8-10-27-14-16)13-17-9-11-28-15-17/h8-11,14-15,18H,1,5-7,12-13H2,2-4H3,(H,22,25)/t18-/m0/s1. The SMILES string of the molecule is [CH2]CCC[C@H](NC(=O)OC(C)(C)C)C(=O)N(Cc1ccsc1)Cc1ccsc1. The van der Waals surface area contributed by atoms with E-state index in [2.05, 4.69) is 12.2 Å². The number of hydrogen-bond donors (Lipinski definition) is 1. The third-order valence-electron chi connectivity index (χ3n) is 3.95. The van der Waals surface area contributed by atoms with Crippen LogP contribution in [0, 0.1) is 6.92 Å². The first-order valence-electron chi connectivity index (χ1n) is 9.38. The van der Waals surface area contributed by atoms with Crippen molar-refractivity contribution in [3.63, 3.8) is 0 Å². The van der Waals surface area contributed by atoms with Crippen LogP contribution >= 0.6 is 22.7 Å². The lowest BCUT2D eigenvalue weighted by Crippen LogP contribution is -2.49. The lowest BCUT2D eigenvalue weighted by molar-refractivity contribution is -0.135. The van der Waals surface area contributed by atoms with Crippen LogP contribution in [0.5, 0.6) is 0 Å². The van der Waals surface area contributed by atoms with Crippen molar-refractivity contribution >= 4 is 34.7 Å². The Bertz CT molecular complexity index is 685. The summed E-state index contributed by atoms with van der Waals surface area (Å²) in [4.78, 5) is 27.4. The second-order valence-electron chi connectivity index (χ2n) is 7.65. The first-order valence-corrected chi connectivity index (χ1v) is 11.3. The lowest BCUT2D eigenvalue weighted by Gasteiger charge is -2.28. The van der Waals surface area contributed by atoms with Crippen molar-refractivity contribution in [2.45, 2.75) is 64.8 Å². The molecule has 28 heavy (non-hydrogen) atoms. The van der Waals surface area contributed by atoms with Gasteiger partial charge >= 0.3 is 6.09 Å². The van der Waals surface area contributed by atoms with Gasteiger partial charge in [0.25, 0.3) is 0 Å². The molecular weight excluding hydrogens is 392 g/mol. The minimum atomic E-state index is -0.631. The minimum Gasteiger partial charge on any atom is -0.444 e. The first-order chi connectivity index (χ1) is 13.3. The Balaban J connectivity index is 2.15. The summed E-state index contributed by atoms with van der Waals surface area (Å²) in [5.74, 6) is -0.100. The van der Waals surface area contributed by atoms with Gasteiger partial charge in [-0.25, -0.2) is 4.79 Å². The zero-order valence-corrected chi connectivity index (χ0v) is 18.4. The number of rotatable bonds is 9. The highest BCUT2D eigenvalue weighted by molar-refractivity contribution is 7.08. The quantitative estimate of drug-likeness (QED) is 0.603. The molecule has 0 bridgehead atoms. The number of nitrogens with zero attached hydrogens (tertiary/aromatic N) is 1. The zero-order chi connectivity index (χ0) is 20.6. The van der Waals surface area contributed by atoms with Crippen molar-refractivity contribution < 1.29 is 14.3 Å². The predicted octanol–water partition coefficient (Wildman–Crippen LogP) is 5.24. The molecule has 2 amide bonds. The summed E-state index contributed by atoms with van der Waals surface area (Å²) < 4.78 is 5.36. The summed E-state index contributed by atoms with van der Waals surface area (Å²) in [6, 6.07) is 3.41. The predicted molar refractivity (Wildman–Crippen MR) is 115 cm³/mol. The van der Waals surface area contributed by atoms with E-state index in [0.717, 1.165) is 17.5 Å². The number of alkyl carbamates (subject to hydrolysis) is 1. The van der Waals surface area contributed by atoms with Crippen LogP contribution in [-0.4, -0.2) is 28.5 Å². The molecule has 0 saturated carbocycles. The van der Waals surface area contributed by atoms with Crippen LogP contribution in [0.1, 0.15) is 51.2 Å². The van der Waals surface area contributed by atoms with Gasteiger partial charge in [0.2, 0.25) is 5.91 Å². The smallest absolute Gasteiger partial charge is 0.408 e. The number of thiophene rings is 2. The fraction of sp³-hybridized carbons (Fsp3) is 0.476. The van der Waals surface area contributed by atoms with Crippen LogP contribution in [0.2, 0.25) is 0 Å². The van der Waals surface area contributed by atoms with E-state index in [-0.39, 0.29) is 5.91 Å². The van der Waals surface area contributed by atoms with E-state index in [1.165, 1.54) is 0 Å². The van der Waals surface area contributed by atoms with Gasteiger partial charge in [0.15, 0.2) is 0 Å². The molecule has 0 fully saturated rings. The molecule has 2 heterocycles. The Hall–Kier alpha value is -1.86. The highest BCUT2D eigenvalue weighted by atomic mass is 32.1. The molecule has 0 aromatic carbocycles. The molecule has 1 radical (unpaired) electrons. The van der Waals surface area contributed by atoms with Gasteiger partial charge in [0.1, 0.15) is 11.6 Å². The van der Waals surface area contributed by atoms with Crippen LogP contribution < -0.4 is 5.32 Å². The van der Waals surface area contributed by atoms with Gasteiger partial charge < -0.3 is 15.0 Å². The topological polar surface area (TPSA) is 58.6 Å². The zero-order valence-electron chi connectivity index (χ0n) is 16.8. The monoisotopic (exact) mass is 421 g/mol. The normalized spacial score (nSPS) is 12.4. The number of amides is 2. The third-order valence-corrected chi connectivity index (χ3v) is 5.41. The molecule has 0 aliphatic carbocycles. The maximum absolute atomic E-state index is 13.3. The summed E-state index contributed by atoms with van der Waals surface area (Å²) in [6.07, 6.45) is 1.41. The van der Waals surface area contributed by atoms with Crippen LogP contribution in [-0.2, 0) is 22.6 Å². The molecule has 7 heteroatoms. The van der Waals surface area contributed by atoms with Crippen LogP contribution in [0.3, 0.4) is 0 Å². The van der Waals surface area contributed by atoms with Gasteiger partial charge in [-0.3, -0.25) is 4.79 Å². The maximum atomic E-state index is 13.3. The van der Waals surface area contributed by atoms with E-state index in [1.807, 2.05) is 33.7 Å². The van der Waals surface area contributed by atoms with Gasteiger partial charge in [-0.15, -0.1) is 0 Å². The number of carbonyl (C=O) groups excluding carboxylic acids is 2. The van der Waals surface area contributed by atoms with E-state index in [1.54, 1.807) is 48.3 Å². The van der Waals surface area contributed by atoms with Gasteiger partial charge in [-0.1, -0.05) is 19.8 Å². The molecule has 0 saturated heterocycles. The molecule has 1 atom stereocenters. The molecule has 0 aliphatic rings. The number of carbonyl (C=O) groups is 2. The molecule has 1 N–H and O–H groups in total. The van der Waals surface area contributed by atoms with Crippen molar-refractivity contribution in [2.24, 2.45) is 0 Å². The molecule has 2 rings (SSSR count). The van der Waals surface area contributed by atoms with Crippen molar-refractivity contribution in [2.75, 3.05) is 0 Å². The summed E-state index contributed by atoms with van der Waals surface area (Å²) in [5.41, 5.74) is 1.56. The number of ether oxygens (including phenoxy) is 1. The van der Waals surface area contributed by atoms with Crippen molar-refractivity contribution in [3.8, 4) is 0 Å². The third kappa shape index (κ3) is 7.64. The molecule has 2 aromatic heterocycles. The van der Waals surface area contributed by atoms with E-state index in [0.29, 0.717) is 25.9 Å². The highest BCUT2D eigenvalue weighted by Gasteiger charge is 2.28. The lowest BCUT2D eigenvalue weighted by atomic mass is 10.1. The highest BCUT2D eigenvalue weighted by Crippen LogP contribution is 2.17. The van der Waals surface area contributed by atoms with Crippen LogP contribution in [0.4, 0.5) is 4.79 Å². The molecule has 2 aromatic rings. The summed E-state index contributed by atoms with van der Waals surface area (Å²) in [5, 5.41) is 10.9. The summed E-state index contributed by atoms with van der Waals surface area (Å²) in [6.45, 7) is 10.3. The van der Waals surface area contributed by atoms with Gasteiger partial charge in [0, 0.05) is 13.1 Å². The summed E-state index contributed by atoms with van der Waals surface area (Å²) >= 11 is 3.21. The maximum Gasteiger partial charge on any atom is 0.408 e. The molecular formula is C21H29N2O3S2. The van der Waals surface area contributed by atoms with E-state index in [9.17, 15) is 9.59 Å². The largest absolute Gasteiger partial charge is 0.444 e. The Morgan fingerprint density at radius 1 is 1.14 bits per heavy atom. The molecule has 0 unspecified atom stereocenters. The second kappa shape index (κ2) is 10.6. The Kier molecular flexibility index (Phi) is 8.51. The average molecular weight is 422 g/mol. The molecule has 5 nitrogen and oxygen atoms in total. The molecule has 0 spiro atoms. The Labute approximate surface area is 175 Å². The fourth-order valence-corrected chi connectivity index (χ4v) is 4.01. The number of unbranched alkanes of at least 4 members (excludes halogenated alkanes) is 1. The van der Waals surface area contributed by atoms with Crippen molar-refractivity contribution in [3.05, 3.63) is 51.7 Å². The Morgan fingerprint density at radius 2 is 1.71 bits per heavy atom. The second-order valence-corrected chi connectivity index (χ2v) is 9.21. The van der Waals surface area contributed by atoms with Gasteiger partial charge in [-0.05, 0) is 72.0 Å². The van der Waals surface area contributed by atoms with Gasteiger partial charge in [0.05, 0.1) is 0 Å². The summed E-state index contributed by atoms with van der Waals surface area (Å²) in [7, 11) is 0. The Morgan fingerprint density at radius 3 is 2.14 bits per heavy atom. The van der Waals surface area contributed by atoms with E-state index < -0.39 is 17.7 Å².